The van der Waals surface area contributed by atoms with Crippen LogP contribution in [0.4, 0.5) is 11.5 Å². The predicted molar refractivity (Wildman–Crippen MR) is 159 cm³/mol. The fourth-order valence-electron chi connectivity index (χ4n) is 5.83. The van der Waals surface area contributed by atoms with Gasteiger partial charge in [0.25, 0.3) is 0 Å². The molecule has 0 saturated carbocycles. The van der Waals surface area contributed by atoms with Gasteiger partial charge in [0.15, 0.2) is 0 Å². The molecule has 8 rings (SSSR count). The number of morpholine rings is 1. The molecule has 41 heavy (non-hydrogen) atoms. The van der Waals surface area contributed by atoms with Gasteiger partial charge in [-0.05, 0) is 61.7 Å². The second-order valence-corrected chi connectivity index (χ2v) is 12.1. The summed E-state index contributed by atoms with van der Waals surface area (Å²) in [5.74, 6) is 2.34. The van der Waals surface area contributed by atoms with Crippen LogP contribution in [0.1, 0.15) is 28.1 Å². The van der Waals surface area contributed by atoms with Crippen molar-refractivity contribution in [3.8, 4) is 11.5 Å². The molecule has 4 aliphatic heterocycles. The molecular weight excluding hydrogens is 536 g/mol. The number of benzene rings is 1. The summed E-state index contributed by atoms with van der Waals surface area (Å²) in [4.78, 5) is 32.9. The van der Waals surface area contributed by atoms with Crippen molar-refractivity contribution < 1.29 is 14.3 Å². The van der Waals surface area contributed by atoms with Crippen molar-refractivity contribution in [2.75, 3.05) is 31.5 Å². The number of hydrogen-bond donors (Lipinski definition) is 1. The lowest BCUT2D eigenvalue weighted by Crippen LogP contribution is -2.57. The molecule has 0 spiro atoms. The third kappa shape index (κ3) is 5.42. The Balaban J connectivity index is 1.03. The van der Waals surface area contributed by atoms with E-state index >= 15 is 0 Å². The van der Waals surface area contributed by atoms with Crippen LogP contribution in [0, 0.1) is 13.8 Å². The molecule has 2 bridgehead atoms. The van der Waals surface area contributed by atoms with E-state index in [9.17, 15) is 4.79 Å². The lowest BCUT2D eigenvalue weighted by atomic mass is 9.99. The highest BCUT2D eigenvalue weighted by atomic mass is 32.1. The van der Waals surface area contributed by atoms with Crippen molar-refractivity contribution in [2.45, 2.75) is 45.4 Å². The molecule has 10 heteroatoms. The summed E-state index contributed by atoms with van der Waals surface area (Å²) in [7, 11) is 0. The van der Waals surface area contributed by atoms with Crippen molar-refractivity contribution in [3.63, 3.8) is 0 Å². The molecule has 1 N–H and O–H groups in total. The van der Waals surface area contributed by atoms with Crippen molar-refractivity contribution in [1.29, 1.82) is 0 Å². The molecule has 3 fully saturated rings. The number of anilines is 2. The third-order valence-electron chi connectivity index (χ3n) is 7.96. The maximum atomic E-state index is 13.0. The standard InChI is InChI=1S/C31H32N6O3S/c1-19-12-21(6-8-26(19)40-22-7-5-20(2)32-14-22)35-30-29-25-9-11-37(17-27(25)41-31(29)34-18-33-30)28(38)4-3-10-36-15-23-13-24(16-36)39-23/h3-8,12,14,18,23-24H,9-11,13,15-17H2,1-2H3,(H,33,34,35)/b4-3+. The Labute approximate surface area is 242 Å². The third-order valence-corrected chi connectivity index (χ3v) is 9.08. The number of piperidine rings is 1. The molecule has 2 atom stereocenters. The van der Waals surface area contributed by atoms with Crippen LogP contribution >= 0.6 is 11.3 Å². The van der Waals surface area contributed by atoms with Crippen LogP contribution in [-0.2, 0) is 22.5 Å². The molecule has 7 heterocycles. The minimum absolute atomic E-state index is 0.0650. The number of nitrogens with one attached hydrogen (secondary N) is 1. The summed E-state index contributed by atoms with van der Waals surface area (Å²) >= 11 is 1.65. The van der Waals surface area contributed by atoms with E-state index in [0.29, 0.717) is 31.0 Å². The SMILES string of the molecule is Cc1ccc(Oc2ccc(Nc3ncnc4sc5c(c34)CCN(C(=O)/C=C/CN3CC4CC(C3)O4)C5)cc2C)cn1. The van der Waals surface area contributed by atoms with Crippen LogP contribution in [0.15, 0.2) is 55.0 Å². The van der Waals surface area contributed by atoms with Crippen molar-refractivity contribution in [3.05, 3.63) is 76.7 Å². The van der Waals surface area contributed by atoms with Gasteiger partial charge in [0, 0.05) is 54.9 Å². The maximum Gasteiger partial charge on any atom is 0.246 e. The average Bonchev–Trinajstić information content (AvgIpc) is 3.34. The molecule has 3 aromatic heterocycles. The highest BCUT2D eigenvalue weighted by Gasteiger charge is 2.37. The first kappa shape index (κ1) is 26.1. The summed E-state index contributed by atoms with van der Waals surface area (Å²) in [6.45, 7) is 7.97. The van der Waals surface area contributed by atoms with Crippen LogP contribution in [0.25, 0.3) is 10.2 Å². The van der Waals surface area contributed by atoms with Gasteiger partial charge >= 0.3 is 0 Å². The van der Waals surface area contributed by atoms with E-state index in [1.54, 1.807) is 29.9 Å². The molecule has 4 aliphatic rings. The minimum Gasteiger partial charge on any atom is -0.455 e. The van der Waals surface area contributed by atoms with Crippen LogP contribution < -0.4 is 10.1 Å². The van der Waals surface area contributed by atoms with Gasteiger partial charge in [-0.1, -0.05) is 6.08 Å². The Kier molecular flexibility index (Phi) is 6.90. The Morgan fingerprint density at radius 2 is 2.02 bits per heavy atom. The van der Waals surface area contributed by atoms with Gasteiger partial charge in [-0.25, -0.2) is 9.97 Å². The number of aromatic nitrogens is 3. The first-order valence-electron chi connectivity index (χ1n) is 14.0. The number of rotatable bonds is 7. The van der Waals surface area contributed by atoms with E-state index in [4.69, 9.17) is 9.47 Å². The molecule has 1 aromatic carbocycles. The number of aryl methyl sites for hydroxylation is 2. The molecule has 1 amide bonds. The van der Waals surface area contributed by atoms with Crippen molar-refractivity contribution >= 4 is 39.0 Å². The van der Waals surface area contributed by atoms with Gasteiger partial charge in [-0.15, -0.1) is 11.3 Å². The maximum absolute atomic E-state index is 13.0. The molecule has 4 aromatic rings. The predicted octanol–water partition coefficient (Wildman–Crippen LogP) is 5.15. The molecular formula is C31H32N6O3S. The van der Waals surface area contributed by atoms with Crippen molar-refractivity contribution in [1.82, 2.24) is 24.8 Å². The molecule has 9 nitrogen and oxygen atoms in total. The summed E-state index contributed by atoms with van der Waals surface area (Å²) in [6.07, 6.45) is 9.79. The number of hydrogen-bond acceptors (Lipinski definition) is 9. The van der Waals surface area contributed by atoms with Crippen molar-refractivity contribution in [2.24, 2.45) is 0 Å². The fourth-order valence-corrected chi connectivity index (χ4v) is 7.03. The number of ether oxygens (including phenoxy) is 2. The lowest BCUT2D eigenvalue weighted by molar-refractivity contribution is -0.178. The highest BCUT2D eigenvalue weighted by molar-refractivity contribution is 7.19. The average molecular weight is 569 g/mol. The zero-order valence-electron chi connectivity index (χ0n) is 23.2. The monoisotopic (exact) mass is 568 g/mol. The first-order chi connectivity index (χ1) is 20.0. The van der Waals surface area contributed by atoms with E-state index in [0.717, 1.165) is 64.8 Å². The quantitative estimate of drug-likeness (QED) is 0.306. The molecule has 210 valence electrons. The number of carbonyl (C=O) groups is 1. The Morgan fingerprint density at radius 3 is 2.80 bits per heavy atom. The van der Waals surface area contributed by atoms with Gasteiger partial charge in [-0.2, -0.15) is 0 Å². The van der Waals surface area contributed by atoms with Gasteiger partial charge in [0.1, 0.15) is 28.5 Å². The van der Waals surface area contributed by atoms with E-state index in [-0.39, 0.29) is 5.91 Å². The first-order valence-corrected chi connectivity index (χ1v) is 14.9. The number of pyridine rings is 1. The highest BCUT2D eigenvalue weighted by Crippen LogP contribution is 2.38. The molecule has 0 aliphatic carbocycles. The van der Waals surface area contributed by atoms with Gasteiger partial charge < -0.3 is 19.7 Å². The van der Waals surface area contributed by atoms with Gasteiger partial charge in [-0.3, -0.25) is 14.7 Å². The number of thiophene rings is 1. The summed E-state index contributed by atoms with van der Waals surface area (Å²) in [5.41, 5.74) is 4.11. The van der Waals surface area contributed by atoms with E-state index < -0.39 is 0 Å². The molecule has 3 saturated heterocycles. The lowest BCUT2D eigenvalue weighted by Gasteiger charge is -2.46. The number of carbonyl (C=O) groups excluding carboxylic acids is 1. The zero-order valence-corrected chi connectivity index (χ0v) is 24.0. The Morgan fingerprint density at radius 1 is 1.17 bits per heavy atom. The number of nitrogens with zero attached hydrogens (tertiary/aromatic N) is 5. The normalized spacial score (nSPS) is 20.2. The minimum atomic E-state index is 0.0650. The largest absolute Gasteiger partial charge is 0.455 e. The summed E-state index contributed by atoms with van der Waals surface area (Å²) in [6, 6.07) is 9.85. The summed E-state index contributed by atoms with van der Waals surface area (Å²) in [5, 5.41) is 4.55. The second kappa shape index (κ2) is 10.8. The second-order valence-electron chi connectivity index (χ2n) is 11.0. The van der Waals surface area contributed by atoms with Gasteiger partial charge in [0.2, 0.25) is 5.91 Å². The van der Waals surface area contributed by atoms with E-state index in [1.165, 1.54) is 16.9 Å². The van der Waals surface area contributed by atoms with Crippen LogP contribution in [0.5, 0.6) is 11.5 Å². The molecule has 0 radical (unpaired) electrons. The Bertz CT molecular complexity index is 1620. The van der Waals surface area contributed by atoms with Crippen LogP contribution in [-0.4, -0.2) is 69.0 Å². The Hall–Kier alpha value is -3.86. The summed E-state index contributed by atoms with van der Waals surface area (Å²) < 4.78 is 11.7. The van der Waals surface area contributed by atoms with Crippen LogP contribution in [0.2, 0.25) is 0 Å². The zero-order chi connectivity index (χ0) is 27.9. The van der Waals surface area contributed by atoms with Crippen LogP contribution in [0.3, 0.4) is 0 Å². The van der Waals surface area contributed by atoms with E-state index in [2.05, 4.69) is 31.2 Å². The smallest absolute Gasteiger partial charge is 0.246 e. The number of amides is 1. The van der Waals surface area contributed by atoms with E-state index in [1.807, 2.05) is 49.1 Å². The number of fused-ring (bicyclic) bond motifs is 5. The topological polar surface area (TPSA) is 92.7 Å². The van der Waals surface area contributed by atoms with Gasteiger partial charge in [0.05, 0.1) is 30.3 Å². The fraction of sp³-hybridized carbons (Fsp3) is 0.355. The molecule has 2 unspecified atom stereocenters.